The number of hydrogen-bond acceptors (Lipinski definition) is 4. The standard InChI is InChI=1S/C14H20FN3O2/c1-3-17(4-2)13-6-5-10(7-12(13)15)18-9-11(8-16)20-14(18)19/h5-7,11H,3-4,8-9,16H2,1-2H3/t11-/m0/s1. The zero-order valence-corrected chi connectivity index (χ0v) is 11.8. The number of hydrogen-bond donors (Lipinski definition) is 1. The van der Waals surface area contributed by atoms with Crippen molar-refractivity contribution in [1.29, 1.82) is 0 Å². The fourth-order valence-corrected chi connectivity index (χ4v) is 2.34. The molecule has 0 radical (unpaired) electrons. The number of cyclic esters (lactones) is 1. The third kappa shape index (κ3) is 2.70. The van der Waals surface area contributed by atoms with Crippen molar-refractivity contribution in [3.05, 3.63) is 24.0 Å². The second-order valence-corrected chi connectivity index (χ2v) is 4.66. The normalized spacial score (nSPS) is 18.3. The zero-order chi connectivity index (χ0) is 14.7. The largest absolute Gasteiger partial charge is 0.443 e. The van der Waals surface area contributed by atoms with Crippen molar-refractivity contribution in [2.75, 3.05) is 36.0 Å². The molecular weight excluding hydrogens is 261 g/mol. The quantitative estimate of drug-likeness (QED) is 0.896. The first-order valence-electron chi connectivity index (χ1n) is 6.83. The van der Waals surface area contributed by atoms with E-state index in [2.05, 4.69) is 0 Å². The van der Waals surface area contributed by atoms with E-state index in [1.165, 1.54) is 11.0 Å². The molecule has 1 saturated heterocycles. The SMILES string of the molecule is CCN(CC)c1ccc(N2C[C@H](CN)OC2=O)cc1F. The lowest BCUT2D eigenvalue weighted by Gasteiger charge is -2.22. The molecule has 110 valence electrons. The number of rotatable bonds is 5. The van der Waals surface area contributed by atoms with Gasteiger partial charge in [-0.3, -0.25) is 4.90 Å². The maximum Gasteiger partial charge on any atom is 0.414 e. The minimum absolute atomic E-state index is 0.266. The molecule has 1 aromatic carbocycles. The van der Waals surface area contributed by atoms with E-state index in [1.54, 1.807) is 12.1 Å². The summed E-state index contributed by atoms with van der Waals surface area (Å²) in [6.07, 6.45) is -0.802. The van der Waals surface area contributed by atoms with Crippen molar-refractivity contribution in [3.8, 4) is 0 Å². The van der Waals surface area contributed by atoms with E-state index in [1.807, 2.05) is 18.7 Å². The predicted octanol–water partition coefficient (Wildman–Crippen LogP) is 1.96. The first-order valence-corrected chi connectivity index (χ1v) is 6.83. The molecule has 1 fully saturated rings. The molecule has 1 aliphatic rings. The summed E-state index contributed by atoms with van der Waals surface area (Å²) in [5.41, 5.74) is 6.52. The van der Waals surface area contributed by atoms with Crippen LogP contribution < -0.4 is 15.5 Å². The molecule has 0 unspecified atom stereocenters. The number of nitrogens with zero attached hydrogens (tertiary/aromatic N) is 2. The fraction of sp³-hybridized carbons (Fsp3) is 0.500. The number of anilines is 2. The minimum atomic E-state index is -0.476. The molecule has 0 bridgehead atoms. The summed E-state index contributed by atoms with van der Waals surface area (Å²) in [5.74, 6) is -0.338. The van der Waals surface area contributed by atoms with Gasteiger partial charge in [0.2, 0.25) is 0 Å². The highest BCUT2D eigenvalue weighted by Gasteiger charge is 2.31. The van der Waals surface area contributed by atoms with Gasteiger partial charge in [0.1, 0.15) is 11.9 Å². The number of carbonyl (C=O) groups excluding carboxylic acids is 1. The number of carbonyl (C=O) groups is 1. The van der Waals surface area contributed by atoms with E-state index in [0.717, 1.165) is 13.1 Å². The Morgan fingerprint density at radius 1 is 1.45 bits per heavy atom. The second-order valence-electron chi connectivity index (χ2n) is 4.66. The van der Waals surface area contributed by atoms with Crippen molar-refractivity contribution in [1.82, 2.24) is 0 Å². The van der Waals surface area contributed by atoms with Gasteiger partial charge in [0, 0.05) is 19.6 Å². The second kappa shape index (κ2) is 6.09. The summed E-state index contributed by atoms with van der Waals surface area (Å²) in [6, 6.07) is 4.80. The summed E-state index contributed by atoms with van der Waals surface area (Å²) in [7, 11) is 0. The number of nitrogens with two attached hydrogens (primary N) is 1. The van der Waals surface area contributed by atoms with Crippen molar-refractivity contribution < 1.29 is 13.9 Å². The van der Waals surface area contributed by atoms with Gasteiger partial charge in [-0.15, -0.1) is 0 Å². The van der Waals surface area contributed by atoms with E-state index in [0.29, 0.717) is 17.9 Å². The lowest BCUT2D eigenvalue weighted by molar-refractivity contribution is 0.145. The maximum atomic E-state index is 14.2. The molecule has 6 heteroatoms. The van der Waals surface area contributed by atoms with Gasteiger partial charge in [0.25, 0.3) is 0 Å². The molecule has 0 spiro atoms. The molecule has 2 rings (SSSR count). The summed E-state index contributed by atoms with van der Waals surface area (Å²) < 4.78 is 19.3. The van der Waals surface area contributed by atoms with Gasteiger partial charge < -0.3 is 15.4 Å². The molecule has 1 aliphatic heterocycles. The fourth-order valence-electron chi connectivity index (χ4n) is 2.34. The monoisotopic (exact) mass is 281 g/mol. The Hall–Kier alpha value is -1.82. The Morgan fingerprint density at radius 3 is 2.65 bits per heavy atom. The van der Waals surface area contributed by atoms with Crippen LogP contribution in [0.4, 0.5) is 20.6 Å². The van der Waals surface area contributed by atoms with Gasteiger partial charge in [-0.25, -0.2) is 9.18 Å². The molecule has 1 atom stereocenters. The van der Waals surface area contributed by atoms with E-state index < -0.39 is 6.09 Å². The average Bonchev–Trinajstić information content (AvgIpc) is 2.83. The van der Waals surface area contributed by atoms with Gasteiger partial charge in [-0.05, 0) is 32.0 Å². The van der Waals surface area contributed by atoms with Crippen molar-refractivity contribution in [2.24, 2.45) is 5.73 Å². The van der Waals surface area contributed by atoms with Gasteiger partial charge in [0.15, 0.2) is 0 Å². The Morgan fingerprint density at radius 2 is 2.15 bits per heavy atom. The molecule has 1 amide bonds. The Kier molecular flexibility index (Phi) is 4.44. The molecule has 5 nitrogen and oxygen atoms in total. The van der Waals surface area contributed by atoms with E-state index in [-0.39, 0.29) is 18.5 Å². The molecule has 0 saturated carbocycles. The van der Waals surface area contributed by atoms with E-state index in [4.69, 9.17) is 10.5 Å². The number of halogens is 1. The smallest absolute Gasteiger partial charge is 0.414 e. The van der Waals surface area contributed by atoms with Crippen molar-refractivity contribution in [2.45, 2.75) is 20.0 Å². The highest BCUT2D eigenvalue weighted by molar-refractivity contribution is 5.90. The predicted molar refractivity (Wildman–Crippen MR) is 76.6 cm³/mol. The minimum Gasteiger partial charge on any atom is -0.443 e. The van der Waals surface area contributed by atoms with Crippen molar-refractivity contribution >= 4 is 17.5 Å². The first-order chi connectivity index (χ1) is 9.60. The van der Waals surface area contributed by atoms with Gasteiger partial charge in [0.05, 0.1) is 17.9 Å². The lowest BCUT2D eigenvalue weighted by Crippen LogP contribution is -2.28. The van der Waals surface area contributed by atoms with Crippen LogP contribution in [0.25, 0.3) is 0 Å². The lowest BCUT2D eigenvalue weighted by atomic mass is 10.2. The number of benzene rings is 1. The number of ether oxygens (including phenoxy) is 1. The summed E-state index contributed by atoms with van der Waals surface area (Å²) in [5, 5.41) is 0. The average molecular weight is 281 g/mol. The van der Waals surface area contributed by atoms with Crippen molar-refractivity contribution in [3.63, 3.8) is 0 Å². The van der Waals surface area contributed by atoms with Gasteiger partial charge in [-0.1, -0.05) is 0 Å². The first kappa shape index (κ1) is 14.6. The summed E-state index contributed by atoms with van der Waals surface area (Å²) in [6.45, 7) is 6.03. The van der Waals surface area contributed by atoms with Crippen LogP contribution in [0.5, 0.6) is 0 Å². The van der Waals surface area contributed by atoms with Crippen LogP contribution in [0.3, 0.4) is 0 Å². The molecule has 1 aromatic rings. The molecule has 2 N–H and O–H groups in total. The molecule has 1 heterocycles. The third-order valence-corrected chi connectivity index (χ3v) is 3.48. The Labute approximate surface area is 118 Å². The molecular formula is C14H20FN3O2. The van der Waals surface area contributed by atoms with E-state index in [9.17, 15) is 9.18 Å². The topological polar surface area (TPSA) is 58.8 Å². The molecule has 20 heavy (non-hydrogen) atoms. The van der Waals surface area contributed by atoms with Gasteiger partial charge in [-0.2, -0.15) is 0 Å². The zero-order valence-electron chi connectivity index (χ0n) is 11.8. The summed E-state index contributed by atoms with van der Waals surface area (Å²) in [4.78, 5) is 15.0. The third-order valence-electron chi connectivity index (χ3n) is 3.48. The highest BCUT2D eigenvalue weighted by Crippen LogP contribution is 2.27. The maximum absolute atomic E-state index is 14.2. The van der Waals surface area contributed by atoms with Crippen LogP contribution >= 0.6 is 0 Å². The van der Waals surface area contributed by atoms with Crippen LogP contribution in [0.15, 0.2) is 18.2 Å². The van der Waals surface area contributed by atoms with Crippen LogP contribution in [-0.2, 0) is 4.74 Å². The number of amides is 1. The van der Waals surface area contributed by atoms with E-state index >= 15 is 0 Å². The van der Waals surface area contributed by atoms with Gasteiger partial charge >= 0.3 is 6.09 Å². The summed E-state index contributed by atoms with van der Waals surface area (Å²) >= 11 is 0. The van der Waals surface area contributed by atoms with Crippen LogP contribution in [0, 0.1) is 5.82 Å². The Bertz CT molecular complexity index is 491. The van der Waals surface area contributed by atoms with Crippen LogP contribution in [0.2, 0.25) is 0 Å². The Balaban J connectivity index is 2.23. The highest BCUT2D eigenvalue weighted by atomic mass is 19.1. The van der Waals surface area contributed by atoms with Crippen LogP contribution in [0.1, 0.15) is 13.8 Å². The molecule has 0 aliphatic carbocycles. The van der Waals surface area contributed by atoms with Crippen LogP contribution in [-0.4, -0.2) is 38.4 Å². The molecule has 0 aromatic heterocycles.